The van der Waals surface area contributed by atoms with Crippen LogP contribution in [-0.4, -0.2) is 24.5 Å². The van der Waals surface area contributed by atoms with Crippen molar-refractivity contribution in [2.45, 2.75) is 44.2 Å². The van der Waals surface area contributed by atoms with E-state index in [1.54, 1.807) is 13.1 Å². The van der Waals surface area contributed by atoms with Crippen LogP contribution in [0.2, 0.25) is 5.02 Å². The summed E-state index contributed by atoms with van der Waals surface area (Å²) in [5, 5.41) is 8.21. The van der Waals surface area contributed by atoms with Crippen molar-refractivity contribution in [1.82, 2.24) is 16.0 Å². The van der Waals surface area contributed by atoms with Crippen LogP contribution < -0.4 is 16.0 Å². The fraction of sp³-hybridized carbons (Fsp3) is 0.500. The van der Waals surface area contributed by atoms with Gasteiger partial charge in [-0.15, -0.1) is 0 Å². The van der Waals surface area contributed by atoms with E-state index in [4.69, 9.17) is 11.6 Å². The molecular formula is C16H21ClFN3O2. The summed E-state index contributed by atoms with van der Waals surface area (Å²) >= 11 is 5.93. The fourth-order valence-corrected chi connectivity index (χ4v) is 3.16. The number of amides is 3. The lowest BCUT2D eigenvalue weighted by atomic mass is 9.81. The minimum atomic E-state index is -0.893. The first-order chi connectivity index (χ1) is 11.0. The molecule has 3 amide bonds. The van der Waals surface area contributed by atoms with Crippen molar-refractivity contribution in [3.63, 3.8) is 0 Å². The summed E-state index contributed by atoms with van der Waals surface area (Å²) in [6.45, 7) is -0.0405. The van der Waals surface area contributed by atoms with Gasteiger partial charge in [0.25, 0.3) is 0 Å². The van der Waals surface area contributed by atoms with Gasteiger partial charge in [-0.25, -0.2) is 9.18 Å². The highest BCUT2D eigenvalue weighted by Crippen LogP contribution is 2.28. The summed E-state index contributed by atoms with van der Waals surface area (Å²) in [6, 6.07) is 3.85. The summed E-state index contributed by atoms with van der Waals surface area (Å²) in [5.74, 6) is -0.673. The van der Waals surface area contributed by atoms with Crippen LogP contribution in [0.15, 0.2) is 18.2 Å². The van der Waals surface area contributed by atoms with Gasteiger partial charge in [0, 0.05) is 24.2 Å². The third-order valence-electron chi connectivity index (χ3n) is 4.21. The molecule has 1 fully saturated rings. The van der Waals surface area contributed by atoms with Crippen LogP contribution >= 0.6 is 11.6 Å². The molecule has 2 rings (SSSR count). The number of hydrogen-bond acceptors (Lipinski definition) is 2. The highest BCUT2D eigenvalue weighted by atomic mass is 35.5. The molecule has 1 aliphatic rings. The lowest BCUT2D eigenvalue weighted by molar-refractivity contribution is -0.128. The molecule has 0 spiro atoms. The van der Waals surface area contributed by atoms with Crippen LogP contribution in [0.4, 0.5) is 9.18 Å². The lowest BCUT2D eigenvalue weighted by Gasteiger charge is -2.36. The number of halogens is 2. The second kappa shape index (κ2) is 7.64. The second-order valence-electron chi connectivity index (χ2n) is 5.73. The standard InChI is InChI=1S/C16H21ClFN3O2/c1-19-14(22)16(8-3-2-4-9-16)21-15(23)20-10-11-12(17)6-5-7-13(11)18/h5-7H,2-4,8-10H2,1H3,(H,19,22)(H2,20,21,23). The molecule has 1 aromatic carbocycles. The van der Waals surface area contributed by atoms with Gasteiger partial charge in [0.2, 0.25) is 5.91 Å². The first-order valence-corrected chi connectivity index (χ1v) is 8.07. The van der Waals surface area contributed by atoms with Gasteiger partial charge in [0.15, 0.2) is 0 Å². The predicted molar refractivity (Wildman–Crippen MR) is 86.7 cm³/mol. The largest absolute Gasteiger partial charge is 0.357 e. The lowest BCUT2D eigenvalue weighted by Crippen LogP contribution is -2.61. The van der Waals surface area contributed by atoms with Crippen LogP contribution in [0.3, 0.4) is 0 Å². The Morgan fingerprint density at radius 2 is 1.96 bits per heavy atom. The van der Waals surface area contributed by atoms with E-state index >= 15 is 0 Å². The Kier molecular flexibility index (Phi) is 5.82. The molecule has 0 radical (unpaired) electrons. The number of nitrogens with one attached hydrogen (secondary N) is 3. The Morgan fingerprint density at radius 1 is 1.26 bits per heavy atom. The van der Waals surface area contributed by atoms with Crippen LogP contribution in [0.1, 0.15) is 37.7 Å². The maximum atomic E-state index is 13.7. The van der Waals surface area contributed by atoms with Crippen molar-refractivity contribution in [3.8, 4) is 0 Å². The van der Waals surface area contributed by atoms with E-state index in [0.717, 1.165) is 19.3 Å². The molecule has 1 saturated carbocycles. The Hall–Kier alpha value is -1.82. The molecule has 0 aliphatic heterocycles. The number of benzene rings is 1. The van der Waals surface area contributed by atoms with Crippen LogP contribution in [0.25, 0.3) is 0 Å². The molecule has 0 aromatic heterocycles. The molecule has 126 valence electrons. The Labute approximate surface area is 140 Å². The van der Waals surface area contributed by atoms with Crippen molar-refractivity contribution in [2.24, 2.45) is 0 Å². The molecule has 23 heavy (non-hydrogen) atoms. The van der Waals surface area contributed by atoms with E-state index < -0.39 is 17.4 Å². The topological polar surface area (TPSA) is 70.2 Å². The molecule has 1 aromatic rings. The van der Waals surface area contributed by atoms with Crippen LogP contribution in [0, 0.1) is 5.82 Å². The van der Waals surface area contributed by atoms with Crippen LogP contribution in [-0.2, 0) is 11.3 Å². The summed E-state index contributed by atoms with van der Waals surface area (Å²) < 4.78 is 13.7. The SMILES string of the molecule is CNC(=O)C1(NC(=O)NCc2c(F)cccc2Cl)CCCCC1. The van der Waals surface area contributed by atoms with E-state index in [1.807, 2.05) is 0 Å². The average Bonchev–Trinajstić information content (AvgIpc) is 2.54. The highest BCUT2D eigenvalue weighted by Gasteiger charge is 2.40. The molecule has 0 unspecified atom stereocenters. The fourth-order valence-electron chi connectivity index (χ4n) is 2.93. The molecule has 3 N–H and O–H groups in total. The summed E-state index contributed by atoms with van der Waals surface area (Å²) in [6.07, 6.45) is 4.01. The number of carbonyl (C=O) groups excluding carboxylic acids is 2. The van der Waals surface area contributed by atoms with E-state index in [0.29, 0.717) is 12.8 Å². The van der Waals surface area contributed by atoms with Crippen molar-refractivity contribution < 1.29 is 14.0 Å². The normalized spacial score (nSPS) is 16.5. The molecule has 0 saturated heterocycles. The van der Waals surface area contributed by atoms with Gasteiger partial charge in [-0.05, 0) is 25.0 Å². The predicted octanol–water partition coefficient (Wildman–Crippen LogP) is 2.73. The van der Waals surface area contributed by atoms with Gasteiger partial charge < -0.3 is 16.0 Å². The number of urea groups is 1. The number of rotatable bonds is 4. The minimum Gasteiger partial charge on any atom is -0.357 e. The Morgan fingerprint density at radius 3 is 2.57 bits per heavy atom. The molecule has 5 nitrogen and oxygen atoms in total. The van der Waals surface area contributed by atoms with Crippen molar-refractivity contribution >= 4 is 23.5 Å². The molecule has 1 aliphatic carbocycles. The van der Waals surface area contributed by atoms with Gasteiger partial charge in [0.05, 0.1) is 0 Å². The van der Waals surface area contributed by atoms with Gasteiger partial charge in [-0.3, -0.25) is 4.79 Å². The number of likely N-dealkylation sites (N-methyl/N-ethyl adjacent to an activating group) is 1. The molecular weight excluding hydrogens is 321 g/mol. The number of hydrogen-bond donors (Lipinski definition) is 3. The summed E-state index contributed by atoms with van der Waals surface area (Å²) in [5.41, 5.74) is -0.669. The zero-order chi connectivity index (χ0) is 16.9. The van der Waals surface area contributed by atoms with Gasteiger partial charge in [0.1, 0.15) is 11.4 Å². The third kappa shape index (κ3) is 4.13. The van der Waals surface area contributed by atoms with Gasteiger partial charge in [-0.1, -0.05) is 36.9 Å². The molecule has 0 bridgehead atoms. The monoisotopic (exact) mass is 341 g/mol. The van der Waals surface area contributed by atoms with E-state index in [2.05, 4.69) is 16.0 Å². The molecule has 7 heteroatoms. The third-order valence-corrected chi connectivity index (χ3v) is 4.56. The maximum Gasteiger partial charge on any atom is 0.315 e. The van der Waals surface area contributed by atoms with E-state index in [9.17, 15) is 14.0 Å². The minimum absolute atomic E-state index is 0.0405. The first-order valence-electron chi connectivity index (χ1n) is 7.69. The van der Waals surface area contributed by atoms with Crippen molar-refractivity contribution in [1.29, 1.82) is 0 Å². The average molecular weight is 342 g/mol. The van der Waals surface area contributed by atoms with Crippen molar-refractivity contribution in [3.05, 3.63) is 34.6 Å². The van der Waals surface area contributed by atoms with Crippen molar-refractivity contribution in [2.75, 3.05) is 7.05 Å². The first kappa shape index (κ1) is 17.5. The van der Waals surface area contributed by atoms with Gasteiger partial charge >= 0.3 is 6.03 Å². The molecule has 0 atom stereocenters. The second-order valence-corrected chi connectivity index (χ2v) is 6.14. The smallest absolute Gasteiger partial charge is 0.315 e. The highest BCUT2D eigenvalue weighted by molar-refractivity contribution is 6.31. The quantitative estimate of drug-likeness (QED) is 0.788. The Balaban J connectivity index is 2.01. The zero-order valence-corrected chi connectivity index (χ0v) is 13.8. The van der Waals surface area contributed by atoms with E-state index in [1.165, 1.54) is 12.1 Å². The zero-order valence-electron chi connectivity index (χ0n) is 13.0. The number of carbonyl (C=O) groups is 2. The van der Waals surface area contributed by atoms with Gasteiger partial charge in [-0.2, -0.15) is 0 Å². The van der Waals surface area contributed by atoms with Crippen LogP contribution in [0.5, 0.6) is 0 Å². The molecule has 0 heterocycles. The van der Waals surface area contributed by atoms with E-state index in [-0.39, 0.29) is 23.0 Å². The summed E-state index contributed by atoms with van der Waals surface area (Å²) in [4.78, 5) is 24.3. The summed E-state index contributed by atoms with van der Waals surface area (Å²) in [7, 11) is 1.55. The maximum absolute atomic E-state index is 13.7. The Bertz CT molecular complexity index is 568.